The van der Waals surface area contributed by atoms with Gasteiger partial charge in [0.1, 0.15) is 23.4 Å². The van der Waals surface area contributed by atoms with Crippen molar-refractivity contribution in [3.8, 4) is 0 Å². The van der Waals surface area contributed by atoms with Gasteiger partial charge in [0, 0.05) is 36.0 Å². The second-order valence-electron chi connectivity index (χ2n) is 13.1. The maximum Gasteiger partial charge on any atom is 0.333 e. The molecule has 8 unspecified atom stereocenters. The summed E-state index contributed by atoms with van der Waals surface area (Å²) in [5.74, 6) is 0.0569. The molecule has 1 saturated heterocycles. The summed E-state index contributed by atoms with van der Waals surface area (Å²) < 4.78 is 18.1. The van der Waals surface area contributed by atoms with Gasteiger partial charge in [-0.1, -0.05) is 32.4 Å². The number of hydrogen-bond acceptors (Lipinski definition) is 6. The van der Waals surface area contributed by atoms with E-state index in [9.17, 15) is 14.4 Å². The molecule has 0 aromatic carbocycles. The number of ether oxygens (including phenoxy) is 3. The Kier molecular flexibility index (Phi) is 4.98. The number of esters is 2. The van der Waals surface area contributed by atoms with Crippen LogP contribution in [0.15, 0.2) is 34.9 Å². The highest BCUT2D eigenvalue weighted by atomic mass is 16.6. The molecule has 3 aliphatic carbocycles. The zero-order valence-corrected chi connectivity index (χ0v) is 22.3. The molecule has 0 aromatic rings. The summed E-state index contributed by atoms with van der Waals surface area (Å²) in [5.41, 5.74) is 1.15. The summed E-state index contributed by atoms with van der Waals surface area (Å²) in [6, 6.07) is 0. The fraction of sp³-hybridized carbons (Fsp3) is 0.700. The van der Waals surface area contributed by atoms with Crippen molar-refractivity contribution >= 4 is 17.7 Å². The summed E-state index contributed by atoms with van der Waals surface area (Å²) in [5, 5.41) is 0. The van der Waals surface area contributed by atoms with Gasteiger partial charge in [-0.25, -0.2) is 9.59 Å². The van der Waals surface area contributed by atoms with E-state index in [4.69, 9.17) is 14.2 Å². The molecule has 0 N–H and O–H groups in total. The smallest absolute Gasteiger partial charge is 0.333 e. The molecule has 6 nitrogen and oxygen atoms in total. The van der Waals surface area contributed by atoms with Crippen molar-refractivity contribution in [1.29, 1.82) is 0 Å². The molecule has 1 spiro atoms. The maximum absolute atomic E-state index is 14.0. The van der Waals surface area contributed by atoms with Crippen molar-refractivity contribution in [2.75, 3.05) is 0 Å². The van der Waals surface area contributed by atoms with Gasteiger partial charge in [0.05, 0.1) is 0 Å². The molecule has 36 heavy (non-hydrogen) atoms. The van der Waals surface area contributed by atoms with Crippen LogP contribution in [-0.4, -0.2) is 41.1 Å². The molecule has 1 saturated carbocycles. The second-order valence-corrected chi connectivity index (χ2v) is 13.1. The van der Waals surface area contributed by atoms with Crippen molar-refractivity contribution in [2.24, 2.45) is 28.6 Å². The minimum absolute atomic E-state index is 0.0150. The normalized spacial score (nSPS) is 45.7. The van der Waals surface area contributed by atoms with E-state index in [0.29, 0.717) is 12.0 Å². The van der Waals surface area contributed by atoms with Crippen LogP contribution in [0, 0.1) is 28.6 Å². The summed E-state index contributed by atoms with van der Waals surface area (Å²) in [6.07, 6.45) is 9.77. The van der Waals surface area contributed by atoms with Crippen LogP contribution >= 0.6 is 0 Å². The number of hydrogen-bond donors (Lipinski definition) is 0. The fourth-order valence-electron chi connectivity index (χ4n) is 8.90. The average molecular weight is 495 g/mol. The van der Waals surface area contributed by atoms with Crippen molar-refractivity contribution < 1.29 is 28.6 Å². The molecule has 0 amide bonds. The van der Waals surface area contributed by atoms with Gasteiger partial charge in [0.25, 0.3) is 0 Å². The SMILES string of the molecule is CC1=CCC(C(C)C2CCC3(C)C4=C(C(=O)CC23C)C2OC23C=CC(=O)OC(C)(C)C3CC4)OC1=O. The standard InChI is InChI=1S/C30H38O6/c1-16-7-9-21(34-26(16)33)17(2)18-11-13-28(5)19-8-10-22-27(3,4)35-23(32)12-14-30(22)25(36-30)24(19)20(31)15-29(18,28)6/h7,12,14,17-18,21-22,25H,8-11,13,15H2,1-6H3. The Morgan fingerprint density at radius 3 is 2.56 bits per heavy atom. The Labute approximate surface area is 213 Å². The van der Waals surface area contributed by atoms with Crippen LogP contribution < -0.4 is 0 Å². The van der Waals surface area contributed by atoms with Gasteiger partial charge in [-0.3, -0.25) is 4.79 Å². The van der Waals surface area contributed by atoms with Crippen LogP contribution in [0.3, 0.4) is 0 Å². The largest absolute Gasteiger partial charge is 0.458 e. The first-order valence-corrected chi connectivity index (χ1v) is 13.6. The van der Waals surface area contributed by atoms with Gasteiger partial charge in [-0.2, -0.15) is 0 Å². The topological polar surface area (TPSA) is 82.2 Å². The highest BCUT2D eigenvalue weighted by molar-refractivity contribution is 6.00. The van der Waals surface area contributed by atoms with Crippen LogP contribution in [0.25, 0.3) is 0 Å². The first-order valence-electron chi connectivity index (χ1n) is 13.6. The van der Waals surface area contributed by atoms with E-state index in [-0.39, 0.29) is 58.5 Å². The first kappa shape index (κ1) is 24.1. The maximum atomic E-state index is 14.0. The minimum Gasteiger partial charge on any atom is -0.458 e. The quantitative estimate of drug-likeness (QED) is 0.396. The summed E-state index contributed by atoms with van der Waals surface area (Å²) in [6.45, 7) is 12.6. The second kappa shape index (κ2) is 7.43. The van der Waals surface area contributed by atoms with E-state index < -0.39 is 11.2 Å². The molecule has 3 aliphatic heterocycles. The molecule has 194 valence electrons. The minimum atomic E-state index is -0.680. The monoisotopic (exact) mass is 494 g/mol. The van der Waals surface area contributed by atoms with Crippen molar-refractivity contribution in [3.63, 3.8) is 0 Å². The first-order chi connectivity index (χ1) is 16.8. The van der Waals surface area contributed by atoms with Crippen molar-refractivity contribution in [1.82, 2.24) is 0 Å². The number of fused-ring (bicyclic) bond motifs is 3. The molecular formula is C30H38O6. The Bertz CT molecular complexity index is 1160. The molecule has 2 fully saturated rings. The lowest BCUT2D eigenvalue weighted by Gasteiger charge is -2.51. The molecule has 6 rings (SSSR count). The molecular weight excluding hydrogens is 456 g/mol. The van der Waals surface area contributed by atoms with Gasteiger partial charge >= 0.3 is 11.9 Å². The number of ketones is 1. The lowest BCUT2D eigenvalue weighted by atomic mass is 9.52. The number of carbonyl (C=O) groups is 3. The molecule has 6 aliphatic rings. The van der Waals surface area contributed by atoms with Crippen LogP contribution in [0.1, 0.15) is 80.1 Å². The van der Waals surface area contributed by atoms with Crippen LogP contribution in [-0.2, 0) is 28.6 Å². The highest BCUT2D eigenvalue weighted by Gasteiger charge is 2.71. The predicted molar refractivity (Wildman–Crippen MR) is 133 cm³/mol. The third-order valence-electron chi connectivity index (χ3n) is 11.2. The average Bonchev–Trinajstić information content (AvgIpc) is 3.47. The van der Waals surface area contributed by atoms with Crippen molar-refractivity contribution in [2.45, 2.75) is 103 Å². The Morgan fingerprint density at radius 2 is 1.83 bits per heavy atom. The van der Waals surface area contributed by atoms with Gasteiger partial charge in [-0.05, 0) is 75.2 Å². The molecule has 8 atom stereocenters. The van der Waals surface area contributed by atoms with E-state index in [1.165, 1.54) is 11.6 Å². The number of epoxide rings is 1. The van der Waals surface area contributed by atoms with Gasteiger partial charge in [-0.15, -0.1) is 0 Å². The highest BCUT2D eigenvalue weighted by Crippen LogP contribution is 2.70. The number of allylic oxidation sites excluding steroid dienone is 1. The van der Waals surface area contributed by atoms with E-state index in [0.717, 1.165) is 37.7 Å². The van der Waals surface area contributed by atoms with E-state index in [1.807, 2.05) is 26.0 Å². The number of carbonyl (C=O) groups excluding carboxylic acids is 3. The van der Waals surface area contributed by atoms with E-state index in [1.54, 1.807) is 6.92 Å². The lowest BCUT2D eigenvalue weighted by molar-refractivity contribution is -0.156. The van der Waals surface area contributed by atoms with Crippen LogP contribution in [0.4, 0.5) is 0 Å². The Hall–Kier alpha value is -2.21. The van der Waals surface area contributed by atoms with Crippen molar-refractivity contribution in [3.05, 3.63) is 34.9 Å². The van der Waals surface area contributed by atoms with Crippen LogP contribution in [0.2, 0.25) is 0 Å². The molecule has 3 heterocycles. The summed E-state index contributed by atoms with van der Waals surface area (Å²) in [4.78, 5) is 38.5. The van der Waals surface area contributed by atoms with Gasteiger partial charge in [0.15, 0.2) is 5.78 Å². The molecule has 0 bridgehead atoms. The Morgan fingerprint density at radius 1 is 1.08 bits per heavy atom. The summed E-state index contributed by atoms with van der Waals surface area (Å²) in [7, 11) is 0. The van der Waals surface area contributed by atoms with E-state index in [2.05, 4.69) is 20.8 Å². The third-order valence-corrected chi connectivity index (χ3v) is 11.2. The number of Topliss-reactive ketones (excluding diaryl/α,β-unsaturated/α-hetero) is 1. The van der Waals surface area contributed by atoms with Gasteiger partial charge < -0.3 is 14.2 Å². The van der Waals surface area contributed by atoms with Gasteiger partial charge in [0.2, 0.25) is 0 Å². The molecule has 6 heteroatoms. The Balaban J connectivity index is 1.37. The summed E-state index contributed by atoms with van der Waals surface area (Å²) >= 11 is 0. The third kappa shape index (κ3) is 3.03. The number of rotatable bonds is 2. The lowest BCUT2D eigenvalue weighted by Crippen LogP contribution is -2.48. The molecule has 0 aromatic heterocycles. The fourth-order valence-corrected chi connectivity index (χ4v) is 8.90. The van der Waals surface area contributed by atoms with E-state index >= 15 is 0 Å². The molecule has 0 radical (unpaired) electrons. The zero-order chi connectivity index (χ0) is 25.8. The zero-order valence-electron chi connectivity index (χ0n) is 22.3. The predicted octanol–water partition coefficient (Wildman–Crippen LogP) is 5.02. The number of cyclic esters (lactones) is 2. The van der Waals surface area contributed by atoms with Crippen LogP contribution in [0.5, 0.6) is 0 Å².